The molecule has 0 saturated heterocycles. The summed E-state index contributed by atoms with van der Waals surface area (Å²) in [6, 6.07) is 12.7. The first-order chi connectivity index (χ1) is 14.0. The van der Waals surface area contributed by atoms with Crippen molar-refractivity contribution in [1.82, 2.24) is 0 Å². The Bertz CT molecular complexity index is 934. The summed E-state index contributed by atoms with van der Waals surface area (Å²) in [4.78, 5) is 13.1. The standard InChI is InChI=1S/C26H29FO2/c1-26-13-12-22-21-11-9-20(28)14-17(21)6-10-23(22)25(26)18(15-24(26)29)5-2-16-3-7-19(27)8-4-16/h3-4,7-9,11,14,18,22-23,25,28H,2,5-6,10,12-13,15H2,1H3/t18-,22+,23+,25-,26+/m0/s1. The lowest BCUT2D eigenvalue weighted by atomic mass is 9.54. The van der Waals surface area contributed by atoms with E-state index in [0.29, 0.717) is 41.6 Å². The van der Waals surface area contributed by atoms with Crippen LogP contribution in [0.2, 0.25) is 0 Å². The minimum atomic E-state index is -0.195. The fraction of sp³-hybridized carbons (Fsp3) is 0.500. The summed E-state index contributed by atoms with van der Waals surface area (Å²) in [5, 5.41) is 9.88. The SMILES string of the molecule is C[C@]12CC[C@@H]3c4ccc(O)cc4CC[C@H]3[C@@H]1[C@@H](CCc1ccc(F)cc1)CC2=O. The molecular weight excluding hydrogens is 363 g/mol. The van der Waals surface area contributed by atoms with E-state index in [2.05, 4.69) is 13.0 Å². The van der Waals surface area contributed by atoms with Crippen molar-refractivity contribution in [2.45, 2.75) is 57.8 Å². The molecule has 152 valence electrons. The van der Waals surface area contributed by atoms with Gasteiger partial charge < -0.3 is 5.11 Å². The van der Waals surface area contributed by atoms with E-state index in [0.717, 1.165) is 44.1 Å². The van der Waals surface area contributed by atoms with Crippen LogP contribution in [0.3, 0.4) is 0 Å². The molecule has 0 spiro atoms. The summed E-state index contributed by atoms with van der Waals surface area (Å²) in [5.74, 6) is 2.55. The van der Waals surface area contributed by atoms with E-state index < -0.39 is 0 Å². The Balaban J connectivity index is 1.41. The van der Waals surface area contributed by atoms with Gasteiger partial charge in [0.25, 0.3) is 0 Å². The molecule has 0 unspecified atom stereocenters. The fourth-order valence-electron chi connectivity index (χ4n) is 6.90. The van der Waals surface area contributed by atoms with Gasteiger partial charge in [0.2, 0.25) is 0 Å². The Morgan fingerprint density at radius 3 is 2.72 bits per heavy atom. The van der Waals surface area contributed by atoms with Crippen molar-refractivity contribution < 1.29 is 14.3 Å². The van der Waals surface area contributed by atoms with Gasteiger partial charge >= 0.3 is 0 Å². The highest BCUT2D eigenvalue weighted by molar-refractivity contribution is 5.87. The first kappa shape index (κ1) is 18.8. The molecule has 2 nitrogen and oxygen atoms in total. The summed E-state index contributed by atoms with van der Waals surface area (Å²) in [6.45, 7) is 2.22. The van der Waals surface area contributed by atoms with E-state index in [4.69, 9.17) is 0 Å². The van der Waals surface area contributed by atoms with Gasteiger partial charge in [-0.1, -0.05) is 25.1 Å². The van der Waals surface area contributed by atoms with Gasteiger partial charge in [0.05, 0.1) is 0 Å². The van der Waals surface area contributed by atoms with E-state index >= 15 is 0 Å². The highest BCUT2D eigenvalue weighted by atomic mass is 19.1. The van der Waals surface area contributed by atoms with Gasteiger partial charge in [-0.2, -0.15) is 0 Å². The third kappa shape index (κ3) is 3.10. The molecule has 3 aliphatic rings. The number of phenols is 1. The Labute approximate surface area is 172 Å². The van der Waals surface area contributed by atoms with E-state index in [1.807, 2.05) is 24.3 Å². The third-order valence-electron chi connectivity index (χ3n) is 8.27. The highest BCUT2D eigenvalue weighted by Crippen LogP contribution is 2.62. The van der Waals surface area contributed by atoms with Crippen LogP contribution in [0.1, 0.15) is 61.6 Å². The number of Topliss-reactive ketones (excluding diaryl/α,β-unsaturated/α-hetero) is 1. The van der Waals surface area contributed by atoms with Gasteiger partial charge in [-0.25, -0.2) is 4.39 Å². The van der Waals surface area contributed by atoms with Crippen LogP contribution in [0.5, 0.6) is 5.75 Å². The lowest BCUT2D eigenvalue weighted by molar-refractivity contribution is -0.129. The van der Waals surface area contributed by atoms with Gasteiger partial charge in [0, 0.05) is 11.8 Å². The third-order valence-corrected chi connectivity index (χ3v) is 8.27. The van der Waals surface area contributed by atoms with Crippen molar-refractivity contribution in [3.63, 3.8) is 0 Å². The van der Waals surface area contributed by atoms with Crippen LogP contribution in [0.4, 0.5) is 4.39 Å². The maximum Gasteiger partial charge on any atom is 0.139 e. The first-order valence-corrected chi connectivity index (χ1v) is 11.1. The van der Waals surface area contributed by atoms with Gasteiger partial charge in [-0.15, -0.1) is 0 Å². The quantitative estimate of drug-likeness (QED) is 0.715. The Morgan fingerprint density at radius 1 is 1.14 bits per heavy atom. The molecule has 29 heavy (non-hydrogen) atoms. The van der Waals surface area contributed by atoms with Crippen molar-refractivity contribution in [1.29, 1.82) is 0 Å². The van der Waals surface area contributed by atoms with Crippen LogP contribution < -0.4 is 0 Å². The Morgan fingerprint density at radius 2 is 1.93 bits per heavy atom. The zero-order valence-corrected chi connectivity index (χ0v) is 17.0. The van der Waals surface area contributed by atoms with Crippen LogP contribution in [-0.2, 0) is 17.6 Å². The number of carbonyl (C=O) groups is 1. The number of aromatic hydroxyl groups is 1. The number of halogens is 1. The molecular formula is C26H29FO2. The molecule has 0 aliphatic heterocycles. The van der Waals surface area contributed by atoms with Crippen molar-refractivity contribution in [3.8, 4) is 5.75 Å². The molecule has 2 aromatic carbocycles. The summed E-state index contributed by atoms with van der Waals surface area (Å²) in [5.41, 5.74) is 3.67. The molecule has 1 N–H and O–H groups in total. The number of carbonyl (C=O) groups excluding carboxylic acids is 1. The predicted molar refractivity (Wildman–Crippen MR) is 111 cm³/mol. The molecule has 0 heterocycles. The topological polar surface area (TPSA) is 37.3 Å². The van der Waals surface area contributed by atoms with Gasteiger partial charge in [-0.3, -0.25) is 4.79 Å². The molecule has 5 atom stereocenters. The van der Waals surface area contributed by atoms with Crippen molar-refractivity contribution in [2.24, 2.45) is 23.2 Å². The van der Waals surface area contributed by atoms with E-state index in [-0.39, 0.29) is 11.2 Å². The monoisotopic (exact) mass is 392 g/mol. The molecule has 5 rings (SSSR count). The van der Waals surface area contributed by atoms with Crippen LogP contribution in [-0.4, -0.2) is 10.9 Å². The summed E-state index contributed by atoms with van der Waals surface area (Å²) in [7, 11) is 0. The maximum atomic E-state index is 13.2. The zero-order chi connectivity index (χ0) is 20.2. The smallest absolute Gasteiger partial charge is 0.139 e. The number of phenolic OH excluding ortho intramolecular Hbond substituents is 1. The van der Waals surface area contributed by atoms with Crippen molar-refractivity contribution >= 4 is 5.78 Å². The fourth-order valence-corrected chi connectivity index (χ4v) is 6.90. The van der Waals surface area contributed by atoms with E-state index in [1.165, 1.54) is 23.3 Å². The molecule has 2 fully saturated rings. The van der Waals surface area contributed by atoms with Crippen LogP contribution in [0.25, 0.3) is 0 Å². The highest BCUT2D eigenvalue weighted by Gasteiger charge is 2.58. The molecule has 2 saturated carbocycles. The normalized spacial score (nSPS) is 33.1. The molecule has 0 radical (unpaired) electrons. The van der Waals surface area contributed by atoms with Crippen LogP contribution in [0, 0.1) is 29.0 Å². The van der Waals surface area contributed by atoms with Gasteiger partial charge in [0.15, 0.2) is 0 Å². The second-order valence-corrected chi connectivity index (χ2v) is 9.73. The number of fused-ring (bicyclic) bond motifs is 5. The summed E-state index contributed by atoms with van der Waals surface area (Å²) < 4.78 is 13.2. The Kier molecular flexibility index (Phi) is 4.53. The summed E-state index contributed by atoms with van der Waals surface area (Å²) >= 11 is 0. The number of benzene rings is 2. The van der Waals surface area contributed by atoms with Gasteiger partial charge in [0.1, 0.15) is 17.3 Å². The number of hydrogen-bond acceptors (Lipinski definition) is 2. The predicted octanol–water partition coefficient (Wildman–Crippen LogP) is 5.82. The molecule has 0 amide bonds. The van der Waals surface area contributed by atoms with Crippen LogP contribution in [0.15, 0.2) is 42.5 Å². The number of aryl methyl sites for hydroxylation is 2. The molecule has 3 heteroatoms. The number of hydrogen-bond donors (Lipinski definition) is 1. The number of rotatable bonds is 3. The Hall–Kier alpha value is -2.16. The zero-order valence-electron chi connectivity index (χ0n) is 17.0. The lowest BCUT2D eigenvalue weighted by Gasteiger charge is -2.50. The average Bonchev–Trinajstić information content (AvgIpc) is 2.97. The first-order valence-electron chi connectivity index (χ1n) is 11.1. The van der Waals surface area contributed by atoms with Crippen LogP contribution >= 0.6 is 0 Å². The van der Waals surface area contributed by atoms with Crippen molar-refractivity contribution in [2.75, 3.05) is 0 Å². The molecule has 0 bridgehead atoms. The summed E-state index contributed by atoms with van der Waals surface area (Å²) in [6.07, 6.45) is 6.78. The largest absolute Gasteiger partial charge is 0.508 e. The van der Waals surface area contributed by atoms with E-state index in [1.54, 1.807) is 0 Å². The lowest BCUT2D eigenvalue weighted by Crippen LogP contribution is -2.44. The number of ketones is 1. The molecule has 2 aromatic rings. The minimum absolute atomic E-state index is 0.178. The maximum absolute atomic E-state index is 13.2. The van der Waals surface area contributed by atoms with E-state index in [9.17, 15) is 14.3 Å². The second kappa shape index (κ2) is 6.97. The van der Waals surface area contributed by atoms with Gasteiger partial charge in [-0.05, 0) is 103 Å². The molecule has 0 aromatic heterocycles. The minimum Gasteiger partial charge on any atom is -0.508 e. The van der Waals surface area contributed by atoms with Crippen molar-refractivity contribution in [3.05, 3.63) is 65.0 Å². The molecule has 3 aliphatic carbocycles. The second-order valence-electron chi connectivity index (χ2n) is 9.73. The average molecular weight is 393 g/mol.